The number of benzene rings is 1. The molecule has 0 aromatic heterocycles. The molecule has 1 heterocycles. The van der Waals surface area contributed by atoms with Crippen LogP contribution in [0, 0.1) is 5.92 Å². The predicted molar refractivity (Wildman–Crippen MR) is 85.8 cm³/mol. The molecule has 0 amide bonds. The van der Waals surface area contributed by atoms with Gasteiger partial charge in [-0.25, -0.2) is 0 Å². The molecule has 20 heavy (non-hydrogen) atoms. The minimum atomic E-state index is 0.708. The number of likely N-dealkylation sites (N-methyl/N-ethyl adjacent to an activating group) is 1. The lowest BCUT2D eigenvalue weighted by atomic mass is 10.1. The Bertz CT molecular complexity index is 395. The van der Waals surface area contributed by atoms with Crippen LogP contribution in [0.1, 0.15) is 25.0 Å². The highest BCUT2D eigenvalue weighted by Crippen LogP contribution is 2.13. The van der Waals surface area contributed by atoms with Crippen LogP contribution in [0.3, 0.4) is 0 Å². The molecule has 0 unspecified atom stereocenters. The van der Waals surface area contributed by atoms with Crippen LogP contribution < -0.4 is 5.32 Å². The van der Waals surface area contributed by atoms with Gasteiger partial charge in [0.25, 0.3) is 0 Å². The Hall–Kier alpha value is -0.900. The molecule has 2 rings (SSSR count). The molecular formula is C17H29N3. The van der Waals surface area contributed by atoms with Gasteiger partial charge < -0.3 is 10.2 Å². The standard InChI is InChI=1S/C17H29N3/c1-15(2)12-18-13-16-6-4-5-7-17(16)14-20-10-8-19(3)9-11-20/h4-7,15,18H,8-14H2,1-3H3. The van der Waals surface area contributed by atoms with E-state index in [1.165, 1.54) is 37.3 Å². The first-order chi connectivity index (χ1) is 9.65. The molecule has 3 nitrogen and oxygen atoms in total. The molecule has 0 aliphatic carbocycles. The van der Waals surface area contributed by atoms with E-state index in [-0.39, 0.29) is 0 Å². The SMILES string of the molecule is CC(C)CNCc1ccccc1CN1CCN(C)CC1. The van der Waals surface area contributed by atoms with Gasteiger partial charge in [0.2, 0.25) is 0 Å². The van der Waals surface area contributed by atoms with Gasteiger partial charge in [0.05, 0.1) is 0 Å². The van der Waals surface area contributed by atoms with Gasteiger partial charge in [-0.05, 0) is 30.6 Å². The van der Waals surface area contributed by atoms with Crippen molar-refractivity contribution in [2.45, 2.75) is 26.9 Å². The van der Waals surface area contributed by atoms with Crippen molar-refractivity contribution in [3.8, 4) is 0 Å². The van der Waals surface area contributed by atoms with E-state index in [0.29, 0.717) is 5.92 Å². The van der Waals surface area contributed by atoms with Crippen LogP contribution >= 0.6 is 0 Å². The molecule has 0 saturated carbocycles. The fourth-order valence-electron chi connectivity index (χ4n) is 2.63. The Morgan fingerprint density at radius 2 is 1.70 bits per heavy atom. The molecule has 112 valence electrons. The summed E-state index contributed by atoms with van der Waals surface area (Å²) in [5.41, 5.74) is 2.93. The average molecular weight is 275 g/mol. The number of piperazine rings is 1. The van der Waals surface area contributed by atoms with Crippen molar-refractivity contribution in [3.05, 3.63) is 35.4 Å². The monoisotopic (exact) mass is 275 g/mol. The minimum Gasteiger partial charge on any atom is -0.312 e. The summed E-state index contributed by atoms with van der Waals surface area (Å²) in [4.78, 5) is 4.98. The average Bonchev–Trinajstić information content (AvgIpc) is 2.43. The van der Waals surface area contributed by atoms with Crippen molar-refractivity contribution in [1.82, 2.24) is 15.1 Å². The predicted octanol–water partition coefficient (Wildman–Crippen LogP) is 2.18. The molecule has 0 bridgehead atoms. The molecule has 1 aliphatic rings. The highest BCUT2D eigenvalue weighted by molar-refractivity contribution is 5.27. The van der Waals surface area contributed by atoms with Gasteiger partial charge in [0.1, 0.15) is 0 Å². The number of hydrogen-bond donors (Lipinski definition) is 1. The third-order valence-corrected chi connectivity index (χ3v) is 3.98. The molecule has 1 saturated heterocycles. The summed E-state index contributed by atoms with van der Waals surface area (Å²) in [6.07, 6.45) is 0. The van der Waals surface area contributed by atoms with Gasteiger partial charge in [-0.15, -0.1) is 0 Å². The van der Waals surface area contributed by atoms with Gasteiger partial charge in [-0.1, -0.05) is 38.1 Å². The molecule has 0 atom stereocenters. The van der Waals surface area contributed by atoms with Crippen LogP contribution in [-0.2, 0) is 13.1 Å². The molecule has 1 fully saturated rings. The summed E-state index contributed by atoms with van der Waals surface area (Å²) in [7, 11) is 2.21. The van der Waals surface area contributed by atoms with E-state index in [4.69, 9.17) is 0 Å². The second-order valence-electron chi connectivity index (χ2n) is 6.37. The third-order valence-electron chi connectivity index (χ3n) is 3.98. The fraction of sp³-hybridized carbons (Fsp3) is 0.647. The summed E-state index contributed by atoms with van der Waals surface area (Å²) in [5, 5.41) is 3.56. The first-order valence-corrected chi connectivity index (χ1v) is 7.83. The van der Waals surface area contributed by atoms with Crippen LogP contribution in [0.5, 0.6) is 0 Å². The lowest BCUT2D eigenvalue weighted by Crippen LogP contribution is -2.44. The third kappa shape index (κ3) is 4.89. The highest BCUT2D eigenvalue weighted by atomic mass is 15.2. The molecule has 1 N–H and O–H groups in total. The molecular weight excluding hydrogens is 246 g/mol. The molecule has 1 aliphatic heterocycles. The van der Waals surface area contributed by atoms with Crippen molar-refractivity contribution in [3.63, 3.8) is 0 Å². The van der Waals surface area contributed by atoms with Crippen LogP contribution in [0.15, 0.2) is 24.3 Å². The first-order valence-electron chi connectivity index (χ1n) is 7.83. The Kier molecular flexibility index (Phi) is 6.02. The van der Waals surface area contributed by atoms with Crippen molar-refractivity contribution >= 4 is 0 Å². The van der Waals surface area contributed by atoms with Gasteiger partial charge in [0.15, 0.2) is 0 Å². The van der Waals surface area contributed by atoms with Gasteiger partial charge in [-0.2, -0.15) is 0 Å². The van der Waals surface area contributed by atoms with Gasteiger partial charge >= 0.3 is 0 Å². The first kappa shape index (κ1) is 15.5. The van der Waals surface area contributed by atoms with E-state index < -0.39 is 0 Å². The smallest absolute Gasteiger partial charge is 0.0238 e. The van der Waals surface area contributed by atoms with Crippen molar-refractivity contribution in [2.75, 3.05) is 39.8 Å². The van der Waals surface area contributed by atoms with Gasteiger partial charge in [-0.3, -0.25) is 4.90 Å². The van der Waals surface area contributed by atoms with Gasteiger partial charge in [0, 0.05) is 39.3 Å². The Balaban J connectivity index is 1.90. The van der Waals surface area contributed by atoms with Crippen LogP contribution in [-0.4, -0.2) is 49.6 Å². The molecule has 1 aromatic rings. The van der Waals surface area contributed by atoms with Crippen molar-refractivity contribution < 1.29 is 0 Å². The highest BCUT2D eigenvalue weighted by Gasteiger charge is 2.14. The topological polar surface area (TPSA) is 18.5 Å². The zero-order chi connectivity index (χ0) is 14.4. The zero-order valence-electron chi connectivity index (χ0n) is 13.2. The molecule has 3 heteroatoms. The van der Waals surface area contributed by atoms with E-state index in [2.05, 4.69) is 60.3 Å². The summed E-state index contributed by atoms with van der Waals surface area (Å²) in [5.74, 6) is 0.708. The lowest BCUT2D eigenvalue weighted by Gasteiger charge is -2.32. The number of rotatable bonds is 6. The number of nitrogens with zero attached hydrogens (tertiary/aromatic N) is 2. The Labute approximate surface area is 124 Å². The normalized spacial score (nSPS) is 17.8. The van der Waals surface area contributed by atoms with Crippen molar-refractivity contribution in [1.29, 1.82) is 0 Å². The molecule has 0 spiro atoms. The lowest BCUT2D eigenvalue weighted by molar-refractivity contribution is 0.148. The van der Waals surface area contributed by atoms with E-state index >= 15 is 0 Å². The summed E-state index contributed by atoms with van der Waals surface area (Å²) in [6.45, 7) is 12.4. The maximum atomic E-state index is 3.56. The fourth-order valence-corrected chi connectivity index (χ4v) is 2.63. The second-order valence-corrected chi connectivity index (χ2v) is 6.37. The summed E-state index contributed by atoms with van der Waals surface area (Å²) >= 11 is 0. The maximum Gasteiger partial charge on any atom is 0.0238 e. The second kappa shape index (κ2) is 7.77. The quantitative estimate of drug-likeness (QED) is 0.858. The van der Waals surface area contributed by atoms with Crippen molar-refractivity contribution in [2.24, 2.45) is 5.92 Å². The van der Waals surface area contributed by atoms with Crippen LogP contribution in [0.4, 0.5) is 0 Å². The Morgan fingerprint density at radius 1 is 1.05 bits per heavy atom. The van der Waals surface area contributed by atoms with Crippen LogP contribution in [0.2, 0.25) is 0 Å². The van der Waals surface area contributed by atoms with E-state index in [1.54, 1.807) is 0 Å². The van der Waals surface area contributed by atoms with Crippen LogP contribution in [0.25, 0.3) is 0 Å². The summed E-state index contributed by atoms with van der Waals surface area (Å²) < 4.78 is 0. The maximum absolute atomic E-state index is 3.56. The Morgan fingerprint density at radius 3 is 2.35 bits per heavy atom. The summed E-state index contributed by atoms with van der Waals surface area (Å²) in [6, 6.07) is 8.86. The minimum absolute atomic E-state index is 0.708. The molecule has 0 radical (unpaired) electrons. The largest absolute Gasteiger partial charge is 0.312 e. The van der Waals surface area contributed by atoms with E-state index in [0.717, 1.165) is 19.6 Å². The van der Waals surface area contributed by atoms with E-state index in [1.807, 2.05) is 0 Å². The van der Waals surface area contributed by atoms with E-state index in [9.17, 15) is 0 Å². The number of hydrogen-bond acceptors (Lipinski definition) is 3. The number of nitrogens with one attached hydrogen (secondary N) is 1. The zero-order valence-corrected chi connectivity index (χ0v) is 13.2. The molecule has 1 aromatic carbocycles.